The molecule has 0 bridgehead atoms. The Labute approximate surface area is 174 Å². The number of alkyl halides is 1. The van der Waals surface area contributed by atoms with Crippen LogP contribution >= 0.6 is 31.9 Å². The van der Waals surface area contributed by atoms with E-state index in [-0.39, 0.29) is 21.8 Å². The molecule has 0 saturated heterocycles. The van der Waals surface area contributed by atoms with Crippen molar-refractivity contribution in [2.75, 3.05) is 14.2 Å². The number of ketones is 2. The van der Waals surface area contributed by atoms with Gasteiger partial charge in [0.25, 0.3) is 0 Å². The first-order valence-corrected chi connectivity index (χ1v) is 9.80. The summed E-state index contributed by atoms with van der Waals surface area (Å²) in [7, 11) is 2.95. The van der Waals surface area contributed by atoms with E-state index in [9.17, 15) is 14.7 Å². The molecule has 1 N–H and O–H groups in total. The summed E-state index contributed by atoms with van der Waals surface area (Å²) < 4.78 is 10.0. The van der Waals surface area contributed by atoms with Crippen molar-refractivity contribution < 1.29 is 24.2 Å². The third kappa shape index (κ3) is 2.97. The number of allylic oxidation sites excluding steroid dienone is 5. The maximum Gasteiger partial charge on any atom is 0.175 e. The Morgan fingerprint density at radius 2 is 1.85 bits per heavy atom. The number of hydrogen-bond donors (Lipinski definition) is 1. The maximum atomic E-state index is 13.1. The number of phenolic OH excluding ortho intramolecular Hbond substituents is 1. The van der Waals surface area contributed by atoms with Gasteiger partial charge in [0.15, 0.2) is 11.6 Å². The Kier molecular flexibility index (Phi) is 5.36. The number of phenols is 1. The first-order valence-electron chi connectivity index (χ1n) is 8.21. The van der Waals surface area contributed by atoms with Crippen LogP contribution < -0.4 is 9.47 Å². The van der Waals surface area contributed by atoms with E-state index in [0.29, 0.717) is 23.5 Å². The Balaban J connectivity index is 2.34. The van der Waals surface area contributed by atoms with Crippen LogP contribution in [0.2, 0.25) is 0 Å². The van der Waals surface area contributed by atoms with Crippen LogP contribution in [-0.2, 0) is 9.59 Å². The fourth-order valence-corrected chi connectivity index (χ4v) is 5.34. The number of halogens is 2. The monoisotopic (exact) mass is 496 g/mol. The molecule has 0 fully saturated rings. The molecule has 2 aliphatic carbocycles. The lowest BCUT2D eigenvalue weighted by Crippen LogP contribution is -2.52. The molecule has 0 radical (unpaired) electrons. The summed E-state index contributed by atoms with van der Waals surface area (Å²) in [5, 5.41) is 9.98. The number of carbonyl (C=O) groups excluding carboxylic acids is 2. The van der Waals surface area contributed by atoms with E-state index in [2.05, 4.69) is 38.4 Å². The Hall–Kier alpha value is -1.86. The summed E-state index contributed by atoms with van der Waals surface area (Å²) in [6.07, 6.45) is 5.29. The van der Waals surface area contributed by atoms with Crippen molar-refractivity contribution in [1.29, 1.82) is 0 Å². The van der Waals surface area contributed by atoms with Gasteiger partial charge in [-0.2, -0.15) is 0 Å². The fraction of sp³-hybridized carbons (Fsp3) is 0.300. The molecular weight excluding hydrogens is 480 g/mol. The van der Waals surface area contributed by atoms with E-state index >= 15 is 0 Å². The van der Waals surface area contributed by atoms with Gasteiger partial charge in [0.05, 0.1) is 24.6 Å². The predicted octanol–water partition coefficient (Wildman–Crippen LogP) is 4.19. The second-order valence-electron chi connectivity index (χ2n) is 6.38. The number of carbonyl (C=O) groups is 2. The molecule has 7 heteroatoms. The minimum absolute atomic E-state index is 0.0266. The molecule has 0 aromatic heterocycles. The van der Waals surface area contributed by atoms with Gasteiger partial charge in [-0.1, -0.05) is 34.7 Å². The molecular formula is C20H18Br2O5. The van der Waals surface area contributed by atoms with Crippen LogP contribution in [0.25, 0.3) is 0 Å². The lowest BCUT2D eigenvalue weighted by molar-refractivity contribution is -0.127. The van der Waals surface area contributed by atoms with Gasteiger partial charge in [-0.25, -0.2) is 0 Å². The molecule has 0 aliphatic heterocycles. The minimum atomic E-state index is -1.21. The van der Waals surface area contributed by atoms with Gasteiger partial charge in [0, 0.05) is 29.7 Å². The first kappa shape index (κ1) is 19.9. The summed E-state index contributed by atoms with van der Waals surface area (Å²) in [5.41, 5.74) is 1.34. The van der Waals surface area contributed by atoms with Gasteiger partial charge in [-0.3, -0.25) is 9.59 Å². The van der Waals surface area contributed by atoms with Crippen LogP contribution in [0.5, 0.6) is 17.2 Å². The van der Waals surface area contributed by atoms with E-state index in [0.717, 1.165) is 5.57 Å². The molecule has 0 saturated carbocycles. The summed E-state index contributed by atoms with van der Waals surface area (Å²) in [4.78, 5) is 25.9. The van der Waals surface area contributed by atoms with Crippen molar-refractivity contribution in [3.8, 4) is 17.2 Å². The van der Waals surface area contributed by atoms with Crippen molar-refractivity contribution in [3.05, 3.63) is 52.6 Å². The highest BCUT2D eigenvalue weighted by Crippen LogP contribution is 2.57. The largest absolute Gasteiger partial charge is 0.508 e. The molecule has 0 amide bonds. The van der Waals surface area contributed by atoms with Crippen LogP contribution in [-0.4, -0.2) is 35.2 Å². The molecule has 1 aromatic carbocycles. The lowest BCUT2D eigenvalue weighted by atomic mass is 9.63. The van der Waals surface area contributed by atoms with Crippen molar-refractivity contribution in [2.45, 2.75) is 16.7 Å². The van der Waals surface area contributed by atoms with E-state index in [1.807, 2.05) is 6.08 Å². The normalized spacial score (nSPS) is 27.4. The second-order valence-corrected chi connectivity index (χ2v) is 8.55. The minimum Gasteiger partial charge on any atom is -0.508 e. The van der Waals surface area contributed by atoms with E-state index in [1.54, 1.807) is 6.08 Å². The zero-order valence-corrected chi connectivity index (χ0v) is 18.0. The molecule has 3 atom stereocenters. The van der Waals surface area contributed by atoms with Crippen LogP contribution in [0.15, 0.2) is 47.0 Å². The number of fused-ring (bicyclic) bond motifs is 1. The number of rotatable bonds is 4. The lowest BCUT2D eigenvalue weighted by Gasteiger charge is -2.45. The average molecular weight is 498 g/mol. The topological polar surface area (TPSA) is 72.8 Å². The first-order chi connectivity index (χ1) is 12.8. The standard InChI is InChI=1S/C20H18Br2O5/c1-4-10-5-6-12-19(25)13(21)9-16(24)20(12,22)18(10)17-14(26-2)7-11(23)8-15(17)27-3/h4-5,7-9,12,18,23H,1,6H2,2-3H3/t12-,18+,20+/m0/s1. The number of ether oxygens (including phenoxy) is 2. The van der Waals surface area contributed by atoms with E-state index < -0.39 is 16.2 Å². The summed E-state index contributed by atoms with van der Waals surface area (Å²) in [6, 6.07) is 2.92. The van der Waals surface area contributed by atoms with Gasteiger partial charge in [0.1, 0.15) is 21.6 Å². The molecule has 0 spiro atoms. The zero-order chi connectivity index (χ0) is 19.9. The quantitative estimate of drug-likeness (QED) is 0.631. The van der Waals surface area contributed by atoms with Gasteiger partial charge in [0.2, 0.25) is 0 Å². The smallest absolute Gasteiger partial charge is 0.175 e. The summed E-state index contributed by atoms with van der Waals surface area (Å²) in [6.45, 7) is 3.88. The third-order valence-corrected chi connectivity index (χ3v) is 7.11. The maximum absolute atomic E-state index is 13.1. The summed E-state index contributed by atoms with van der Waals surface area (Å²) in [5.74, 6) is -0.868. The predicted molar refractivity (Wildman–Crippen MR) is 109 cm³/mol. The highest BCUT2D eigenvalue weighted by atomic mass is 79.9. The van der Waals surface area contributed by atoms with Crippen molar-refractivity contribution in [2.24, 2.45) is 5.92 Å². The van der Waals surface area contributed by atoms with Crippen molar-refractivity contribution in [1.82, 2.24) is 0 Å². The highest BCUT2D eigenvalue weighted by Gasteiger charge is 2.58. The van der Waals surface area contributed by atoms with Crippen LogP contribution in [0.1, 0.15) is 17.9 Å². The van der Waals surface area contributed by atoms with Gasteiger partial charge >= 0.3 is 0 Å². The molecule has 2 aliphatic rings. The molecule has 27 heavy (non-hydrogen) atoms. The van der Waals surface area contributed by atoms with Crippen molar-refractivity contribution in [3.63, 3.8) is 0 Å². The number of benzene rings is 1. The number of methoxy groups -OCH3 is 2. The molecule has 5 nitrogen and oxygen atoms in total. The van der Waals surface area contributed by atoms with E-state index in [4.69, 9.17) is 9.47 Å². The molecule has 3 rings (SSSR count). The van der Waals surface area contributed by atoms with Crippen LogP contribution in [0.3, 0.4) is 0 Å². The third-order valence-electron chi connectivity index (χ3n) is 5.09. The molecule has 0 unspecified atom stereocenters. The molecule has 0 heterocycles. The number of aromatic hydroxyl groups is 1. The van der Waals surface area contributed by atoms with Gasteiger partial charge < -0.3 is 14.6 Å². The number of hydrogen-bond acceptors (Lipinski definition) is 5. The Morgan fingerprint density at radius 1 is 1.26 bits per heavy atom. The summed E-state index contributed by atoms with van der Waals surface area (Å²) >= 11 is 6.84. The van der Waals surface area contributed by atoms with Crippen molar-refractivity contribution >= 4 is 43.4 Å². The SMILES string of the molecule is C=CC1=CC[C@H]2C(=O)C(Br)=CC(=O)[C@@]2(Br)[C@H]1c1c(OC)cc(O)cc1OC. The highest BCUT2D eigenvalue weighted by molar-refractivity contribution is 9.12. The Morgan fingerprint density at radius 3 is 2.37 bits per heavy atom. The van der Waals surface area contributed by atoms with Gasteiger partial charge in [-0.05, 0) is 27.9 Å². The van der Waals surface area contributed by atoms with Crippen LogP contribution in [0.4, 0.5) is 0 Å². The Bertz CT molecular complexity index is 877. The average Bonchev–Trinajstić information content (AvgIpc) is 2.65. The zero-order valence-electron chi connectivity index (χ0n) is 14.8. The fourth-order valence-electron chi connectivity index (χ4n) is 3.85. The second kappa shape index (κ2) is 7.28. The van der Waals surface area contributed by atoms with E-state index in [1.165, 1.54) is 32.4 Å². The number of Topliss-reactive ketones (excluding diaryl/α,β-unsaturated/α-hetero) is 1. The molecule has 142 valence electrons. The molecule has 1 aromatic rings. The van der Waals surface area contributed by atoms with Gasteiger partial charge in [-0.15, -0.1) is 0 Å². The van der Waals surface area contributed by atoms with Crippen LogP contribution in [0, 0.1) is 5.92 Å².